The van der Waals surface area contributed by atoms with Crippen molar-refractivity contribution in [2.75, 3.05) is 13.1 Å². The summed E-state index contributed by atoms with van der Waals surface area (Å²) in [5, 5.41) is 19.5. The first-order valence-electron chi connectivity index (χ1n) is 6.43. The lowest BCUT2D eigenvalue weighted by molar-refractivity contribution is -0.384. The molecule has 6 nitrogen and oxygen atoms in total. The second-order valence-corrected chi connectivity index (χ2v) is 5.21. The second kappa shape index (κ2) is 5.91. The van der Waals surface area contributed by atoms with Crippen molar-refractivity contribution < 1.29 is 28.0 Å². The second-order valence-electron chi connectivity index (χ2n) is 5.21. The number of rotatable bonds is 4. The van der Waals surface area contributed by atoms with Crippen LogP contribution in [0.1, 0.15) is 5.56 Å². The van der Waals surface area contributed by atoms with Crippen LogP contribution >= 0.6 is 0 Å². The molecular weight excluding hydrogens is 305 g/mol. The van der Waals surface area contributed by atoms with Gasteiger partial charge in [0.25, 0.3) is 5.69 Å². The van der Waals surface area contributed by atoms with Gasteiger partial charge in [0.1, 0.15) is 0 Å². The fourth-order valence-electron chi connectivity index (χ4n) is 2.58. The number of benzene rings is 1. The van der Waals surface area contributed by atoms with Gasteiger partial charge in [0.15, 0.2) is 0 Å². The van der Waals surface area contributed by atoms with Gasteiger partial charge >= 0.3 is 12.1 Å². The number of nitro groups is 1. The SMILES string of the molecule is O=C(O)[C@@H]1CN(Cc2ccc([N+](=O)[O-])cc2)C[C@H]1C(F)(F)F. The number of carbonyl (C=O) groups is 1. The number of hydrogen-bond donors (Lipinski definition) is 1. The third kappa shape index (κ3) is 3.53. The van der Waals surface area contributed by atoms with E-state index in [1.165, 1.54) is 29.2 Å². The minimum absolute atomic E-state index is 0.109. The van der Waals surface area contributed by atoms with Crippen LogP contribution in [0.25, 0.3) is 0 Å². The van der Waals surface area contributed by atoms with Crippen LogP contribution in [0.15, 0.2) is 24.3 Å². The van der Waals surface area contributed by atoms with Crippen LogP contribution < -0.4 is 0 Å². The van der Waals surface area contributed by atoms with E-state index >= 15 is 0 Å². The van der Waals surface area contributed by atoms with E-state index in [1.54, 1.807) is 0 Å². The van der Waals surface area contributed by atoms with Gasteiger partial charge < -0.3 is 5.11 Å². The average Bonchev–Trinajstić information content (AvgIpc) is 2.83. The molecule has 0 aliphatic carbocycles. The molecule has 1 saturated heterocycles. The third-order valence-electron chi connectivity index (χ3n) is 3.69. The Hall–Kier alpha value is -2.16. The highest BCUT2D eigenvalue weighted by atomic mass is 19.4. The summed E-state index contributed by atoms with van der Waals surface area (Å²) in [6.07, 6.45) is -4.56. The highest BCUT2D eigenvalue weighted by Gasteiger charge is 2.52. The van der Waals surface area contributed by atoms with Gasteiger partial charge in [-0.25, -0.2) is 0 Å². The summed E-state index contributed by atoms with van der Waals surface area (Å²) in [5.41, 5.74) is 0.485. The standard InChI is InChI=1S/C13H13F3N2O4/c14-13(15,16)11-7-17(6-10(11)12(19)20)5-8-1-3-9(4-2-8)18(21)22/h1-4,10-11H,5-7H2,(H,19,20)/t10-,11-/m1/s1. The Balaban J connectivity index is 2.08. The van der Waals surface area contributed by atoms with E-state index in [0.717, 1.165) is 0 Å². The van der Waals surface area contributed by atoms with Crippen molar-refractivity contribution in [2.45, 2.75) is 12.7 Å². The number of nitro benzene ring substituents is 1. The topological polar surface area (TPSA) is 83.7 Å². The summed E-state index contributed by atoms with van der Waals surface area (Å²) in [4.78, 5) is 22.3. The Kier molecular flexibility index (Phi) is 4.36. The molecule has 0 spiro atoms. The lowest BCUT2D eigenvalue weighted by Crippen LogP contribution is -2.33. The largest absolute Gasteiger partial charge is 0.481 e. The maximum atomic E-state index is 12.9. The molecule has 22 heavy (non-hydrogen) atoms. The number of halogens is 3. The summed E-state index contributed by atoms with van der Waals surface area (Å²) in [6, 6.07) is 5.44. The van der Waals surface area contributed by atoms with Crippen molar-refractivity contribution in [1.29, 1.82) is 0 Å². The summed E-state index contributed by atoms with van der Waals surface area (Å²) >= 11 is 0. The van der Waals surface area contributed by atoms with Crippen LogP contribution in [0, 0.1) is 22.0 Å². The molecule has 9 heteroatoms. The number of hydrogen-bond acceptors (Lipinski definition) is 4. The third-order valence-corrected chi connectivity index (χ3v) is 3.69. The van der Waals surface area contributed by atoms with Crippen molar-refractivity contribution in [3.05, 3.63) is 39.9 Å². The molecule has 1 aromatic rings. The highest BCUT2D eigenvalue weighted by molar-refractivity contribution is 5.71. The number of carboxylic acid groups (broad SMARTS) is 1. The van der Waals surface area contributed by atoms with Gasteiger partial charge in [0, 0.05) is 31.8 Å². The number of alkyl halides is 3. The van der Waals surface area contributed by atoms with Gasteiger partial charge in [-0.15, -0.1) is 0 Å². The van der Waals surface area contributed by atoms with E-state index in [4.69, 9.17) is 5.11 Å². The van der Waals surface area contributed by atoms with E-state index in [1.807, 2.05) is 0 Å². The van der Waals surface area contributed by atoms with Gasteiger partial charge in [-0.05, 0) is 5.56 Å². The van der Waals surface area contributed by atoms with E-state index in [-0.39, 0.29) is 18.8 Å². The molecule has 1 heterocycles. The average molecular weight is 318 g/mol. The van der Waals surface area contributed by atoms with Crippen molar-refractivity contribution in [2.24, 2.45) is 11.8 Å². The van der Waals surface area contributed by atoms with Gasteiger partial charge in [0.05, 0.1) is 16.8 Å². The molecule has 0 bridgehead atoms. The van der Waals surface area contributed by atoms with Gasteiger partial charge in [-0.3, -0.25) is 19.8 Å². The minimum atomic E-state index is -4.56. The van der Waals surface area contributed by atoms with Gasteiger partial charge in [0.2, 0.25) is 0 Å². The quantitative estimate of drug-likeness (QED) is 0.680. The zero-order valence-corrected chi connectivity index (χ0v) is 11.3. The number of nitrogens with zero attached hydrogens (tertiary/aromatic N) is 2. The van der Waals surface area contributed by atoms with Gasteiger partial charge in [-0.1, -0.05) is 12.1 Å². The van der Waals surface area contributed by atoms with E-state index in [2.05, 4.69) is 0 Å². The number of aliphatic carboxylic acids is 1. The lowest BCUT2D eigenvalue weighted by Gasteiger charge is -2.18. The van der Waals surface area contributed by atoms with Crippen molar-refractivity contribution in [1.82, 2.24) is 4.90 Å². The molecule has 1 aromatic carbocycles. The minimum Gasteiger partial charge on any atom is -0.481 e. The van der Waals surface area contributed by atoms with Crippen LogP contribution in [-0.4, -0.2) is 40.2 Å². The van der Waals surface area contributed by atoms with Crippen molar-refractivity contribution in [3.63, 3.8) is 0 Å². The maximum absolute atomic E-state index is 12.9. The van der Waals surface area contributed by atoms with Gasteiger partial charge in [-0.2, -0.15) is 13.2 Å². The molecule has 2 atom stereocenters. The predicted molar refractivity (Wildman–Crippen MR) is 69.0 cm³/mol. The molecule has 0 unspecified atom stereocenters. The molecule has 1 N–H and O–H groups in total. The molecular formula is C13H13F3N2O4. The number of carboxylic acids is 1. The van der Waals surface area contributed by atoms with Crippen LogP contribution in [0.2, 0.25) is 0 Å². The Morgan fingerprint density at radius 2 is 1.91 bits per heavy atom. The Labute approximate surface area is 123 Å². The first-order chi connectivity index (χ1) is 10.2. The van der Waals surface area contributed by atoms with Crippen LogP contribution in [-0.2, 0) is 11.3 Å². The number of non-ortho nitro benzene ring substituents is 1. The summed E-state index contributed by atoms with van der Waals surface area (Å²) in [6.45, 7) is -0.470. The molecule has 1 aliphatic rings. The Morgan fingerprint density at radius 3 is 2.32 bits per heavy atom. The van der Waals surface area contributed by atoms with Crippen molar-refractivity contribution >= 4 is 11.7 Å². The molecule has 2 rings (SSSR count). The van der Waals surface area contributed by atoms with E-state index < -0.39 is 35.4 Å². The summed E-state index contributed by atoms with van der Waals surface area (Å²) in [5.74, 6) is -4.85. The molecule has 1 fully saturated rings. The predicted octanol–water partition coefficient (Wildman–Crippen LogP) is 2.29. The van der Waals surface area contributed by atoms with Crippen molar-refractivity contribution in [3.8, 4) is 0 Å². The smallest absolute Gasteiger partial charge is 0.393 e. The van der Waals surface area contributed by atoms with Crippen LogP contribution in [0.5, 0.6) is 0 Å². The lowest BCUT2D eigenvalue weighted by atomic mass is 9.96. The fourth-order valence-corrected chi connectivity index (χ4v) is 2.58. The molecule has 1 aliphatic heterocycles. The maximum Gasteiger partial charge on any atom is 0.393 e. The van der Waals surface area contributed by atoms with Crippen LogP contribution in [0.4, 0.5) is 18.9 Å². The Morgan fingerprint density at radius 1 is 1.32 bits per heavy atom. The Bertz CT molecular complexity index is 574. The van der Waals surface area contributed by atoms with Crippen LogP contribution in [0.3, 0.4) is 0 Å². The van der Waals surface area contributed by atoms with E-state index in [9.17, 15) is 28.1 Å². The molecule has 120 valence electrons. The summed E-state index contributed by atoms with van der Waals surface area (Å²) < 4.78 is 38.6. The molecule has 0 amide bonds. The normalized spacial score (nSPS) is 22.7. The molecule has 0 saturated carbocycles. The number of likely N-dealkylation sites (tertiary alicyclic amines) is 1. The fraction of sp³-hybridized carbons (Fsp3) is 0.462. The first-order valence-corrected chi connectivity index (χ1v) is 6.43. The van der Waals surface area contributed by atoms with E-state index in [0.29, 0.717) is 5.56 Å². The first kappa shape index (κ1) is 16.2. The highest BCUT2D eigenvalue weighted by Crippen LogP contribution is 2.38. The zero-order valence-electron chi connectivity index (χ0n) is 11.3. The monoisotopic (exact) mass is 318 g/mol. The molecule has 0 aromatic heterocycles. The molecule has 0 radical (unpaired) electrons. The summed E-state index contributed by atoms with van der Waals surface area (Å²) in [7, 11) is 0. The zero-order chi connectivity index (χ0) is 16.5.